The highest BCUT2D eigenvalue weighted by molar-refractivity contribution is 6.31. The van der Waals surface area contributed by atoms with Crippen LogP contribution >= 0.6 is 11.6 Å². The number of aromatic nitrogens is 3. The summed E-state index contributed by atoms with van der Waals surface area (Å²) < 4.78 is 10.4. The van der Waals surface area contributed by atoms with Crippen molar-refractivity contribution in [2.45, 2.75) is 13.0 Å². The molecule has 0 aromatic carbocycles. The van der Waals surface area contributed by atoms with Crippen LogP contribution in [0.2, 0.25) is 5.02 Å². The molecule has 0 fully saturated rings. The van der Waals surface area contributed by atoms with Gasteiger partial charge in [-0.2, -0.15) is 4.98 Å². The smallest absolute Gasteiger partial charge is 0.240 e. The Morgan fingerprint density at radius 2 is 2.10 bits per heavy atom. The molecule has 0 aliphatic heterocycles. The molecule has 0 bridgehead atoms. The summed E-state index contributed by atoms with van der Waals surface area (Å²) in [4.78, 5) is 12.7. The number of halogens is 1. The first kappa shape index (κ1) is 15.5. The summed E-state index contributed by atoms with van der Waals surface area (Å²) in [5, 5.41) is 3.89. The Balaban J connectivity index is 2.50. The molecule has 2 heterocycles. The van der Waals surface area contributed by atoms with Crippen LogP contribution in [-0.2, 0) is 0 Å². The first-order valence-electron chi connectivity index (χ1n) is 6.49. The zero-order chi connectivity index (χ0) is 15.2. The molecule has 2 aromatic heterocycles. The molecule has 0 aliphatic rings. The summed E-state index contributed by atoms with van der Waals surface area (Å²) >= 11 is 6.24. The van der Waals surface area contributed by atoms with Crippen LogP contribution in [0.15, 0.2) is 24.7 Å². The van der Waals surface area contributed by atoms with Gasteiger partial charge < -0.3 is 14.8 Å². The highest BCUT2D eigenvalue weighted by Crippen LogP contribution is 2.31. The maximum atomic E-state index is 6.24. The van der Waals surface area contributed by atoms with Crippen molar-refractivity contribution in [1.82, 2.24) is 20.3 Å². The molecule has 1 atom stereocenters. The molecule has 2 rings (SSSR count). The highest BCUT2D eigenvalue weighted by atomic mass is 35.5. The number of nitrogens with one attached hydrogen (secondary N) is 1. The largest absolute Gasteiger partial charge is 0.480 e. The third-order valence-electron chi connectivity index (χ3n) is 2.94. The van der Waals surface area contributed by atoms with Crippen LogP contribution in [0.3, 0.4) is 0 Å². The highest BCUT2D eigenvalue weighted by Gasteiger charge is 2.23. The van der Waals surface area contributed by atoms with Crippen LogP contribution in [0.25, 0.3) is 0 Å². The van der Waals surface area contributed by atoms with Crippen molar-refractivity contribution < 1.29 is 9.47 Å². The normalized spacial score (nSPS) is 12.0. The lowest BCUT2D eigenvalue weighted by molar-refractivity contribution is 0.352. The van der Waals surface area contributed by atoms with E-state index in [2.05, 4.69) is 20.3 Å². The van der Waals surface area contributed by atoms with Crippen molar-refractivity contribution in [3.63, 3.8) is 0 Å². The van der Waals surface area contributed by atoms with E-state index < -0.39 is 0 Å². The number of hydrogen-bond donors (Lipinski definition) is 1. The van der Waals surface area contributed by atoms with Crippen LogP contribution in [0.4, 0.5) is 0 Å². The fourth-order valence-corrected chi connectivity index (χ4v) is 2.22. The fourth-order valence-electron chi connectivity index (χ4n) is 1.99. The number of methoxy groups -OCH3 is 2. The molecule has 1 N–H and O–H groups in total. The lowest BCUT2D eigenvalue weighted by Crippen LogP contribution is -2.24. The summed E-state index contributed by atoms with van der Waals surface area (Å²) in [5.41, 5.74) is 1.51. The minimum atomic E-state index is -0.237. The molecule has 1 unspecified atom stereocenters. The van der Waals surface area contributed by atoms with Gasteiger partial charge in [0.15, 0.2) is 0 Å². The maximum Gasteiger partial charge on any atom is 0.240 e. The van der Waals surface area contributed by atoms with Gasteiger partial charge in [0.2, 0.25) is 11.8 Å². The molecule has 7 heteroatoms. The maximum absolute atomic E-state index is 6.24. The standard InChI is InChI=1S/C14H17ClN4O2/c1-4-17-12(9-5-6-16-7-10(9)15)13-14(21-3)19-11(20-2)8-18-13/h5-8,12,17H,4H2,1-3H3. The van der Waals surface area contributed by atoms with Gasteiger partial charge in [-0.25, -0.2) is 4.98 Å². The van der Waals surface area contributed by atoms with E-state index in [9.17, 15) is 0 Å². The van der Waals surface area contributed by atoms with Crippen molar-refractivity contribution >= 4 is 11.6 Å². The Hall–Kier alpha value is -1.92. The van der Waals surface area contributed by atoms with Crippen molar-refractivity contribution in [3.05, 3.63) is 40.9 Å². The minimum absolute atomic E-state index is 0.237. The van der Waals surface area contributed by atoms with Gasteiger partial charge in [-0.15, -0.1) is 0 Å². The van der Waals surface area contributed by atoms with E-state index in [1.54, 1.807) is 25.7 Å². The second kappa shape index (κ2) is 7.19. The van der Waals surface area contributed by atoms with Crippen LogP contribution in [0.5, 0.6) is 11.8 Å². The molecule has 2 aromatic rings. The number of rotatable bonds is 6. The topological polar surface area (TPSA) is 69.2 Å². The Bertz CT molecular complexity index is 609. The molecule has 0 radical (unpaired) electrons. The van der Waals surface area contributed by atoms with E-state index in [1.807, 2.05) is 13.0 Å². The zero-order valence-corrected chi connectivity index (χ0v) is 12.9. The van der Waals surface area contributed by atoms with Crippen molar-refractivity contribution in [3.8, 4) is 11.8 Å². The van der Waals surface area contributed by atoms with E-state index in [0.29, 0.717) is 22.5 Å². The quantitative estimate of drug-likeness (QED) is 0.882. The Labute approximate surface area is 128 Å². The van der Waals surface area contributed by atoms with E-state index in [0.717, 1.165) is 12.1 Å². The Morgan fingerprint density at radius 3 is 2.71 bits per heavy atom. The van der Waals surface area contributed by atoms with Crippen molar-refractivity contribution in [2.75, 3.05) is 20.8 Å². The van der Waals surface area contributed by atoms with Crippen LogP contribution in [0.1, 0.15) is 24.2 Å². The third kappa shape index (κ3) is 3.40. The molecule has 0 saturated carbocycles. The summed E-state index contributed by atoms with van der Waals surface area (Å²) in [7, 11) is 3.08. The number of pyridine rings is 1. The van der Waals surface area contributed by atoms with E-state index in [-0.39, 0.29) is 6.04 Å². The van der Waals surface area contributed by atoms with Gasteiger partial charge in [0, 0.05) is 12.4 Å². The summed E-state index contributed by atoms with van der Waals surface area (Å²) in [6.45, 7) is 2.74. The average Bonchev–Trinajstić information content (AvgIpc) is 2.53. The Morgan fingerprint density at radius 1 is 1.29 bits per heavy atom. The molecule has 112 valence electrons. The van der Waals surface area contributed by atoms with Crippen molar-refractivity contribution in [1.29, 1.82) is 0 Å². The molecule has 0 saturated heterocycles. The van der Waals surface area contributed by atoms with Gasteiger partial charge >= 0.3 is 0 Å². The molecule has 6 nitrogen and oxygen atoms in total. The summed E-state index contributed by atoms with van der Waals surface area (Å²) in [5.74, 6) is 0.792. The average molecular weight is 309 g/mol. The van der Waals surface area contributed by atoms with Crippen molar-refractivity contribution in [2.24, 2.45) is 0 Å². The molecule has 0 aliphatic carbocycles. The van der Waals surface area contributed by atoms with Crippen LogP contribution < -0.4 is 14.8 Å². The van der Waals surface area contributed by atoms with Gasteiger partial charge in [0.25, 0.3) is 0 Å². The van der Waals surface area contributed by atoms with Gasteiger partial charge in [-0.1, -0.05) is 18.5 Å². The second-order valence-electron chi connectivity index (χ2n) is 4.19. The van der Waals surface area contributed by atoms with Gasteiger partial charge in [-0.05, 0) is 18.2 Å². The summed E-state index contributed by atoms with van der Waals surface area (Å²) in [6, 6.07) is 1.61. The second-order valence-corrected chi connectivity index (χ2v) is 4.60. The molecular weight excluding hydrogens is 292 g/mol. The fraction of sp³-hybridized carbons (Fsp3) is 0.357. The SMILES string of the molecule is CCNC(c1ccncc1Cl)c1ncc(OC)nc1OC. The molecular formula is C14H17ClN4O2. The van der Waals surface area contributed by atoms with Crippen LogP contribution in [-0.4, -0.2) is 35.7 Å². The lowest BCUT2D eigenvalue weighted by atomic mass is 10.0. The Kier molecular flexibility index (Phi) is 5.30. The van der Waals surface area contributed by atoms with E-state index in [4.69, 9.17) is 21.1 Å². The zero-order valence-electron chi connectivity index (χ0n) is 12.1. The van der Waals surface area contributed by atoms with Crippen LogP contribution in [0, 0.1) is 0 Å². The lowest BCUT2D eigenvalue weighted by Gasteiger charge is -2.20. The monoisotopic (exact) mass is 308 g/mol. The van der Waals surface area contributed by atoms with E-state index in [1.165, 1.54) is 7.11 Å². The predicted molar refractivity (Wildman–Crippen MR) is 79.9 cm³/mol. The predicted octanol–water partition coefficient (Wildman–Crippen LogP) is 2.24. The number of hydrogen-bond acceptors (Lipinski definition) is 6. The van der Waals surface area contributed by atoms with Gasteiger partial charge in [0.1, 0.15) is 5.69 Å². The molecule has 21 heavy (non-hydrogen) atoms. The third-order valence-corrected chi connectivity index (χ3v) is 3.26. The minimum Gasteiger partial charge on any atom is -0.480 e. The molecule has 0 spiro atoms. The van der Waals surface area contributed by atoms with E-state index >= 15 is 0 Å². The summed E-state index contributed by atoms with van der Waals surface area (Å²) in [6.07, 6.45) is 4.84. The molecule has 0 amide bonds. The van der Waals surface area contributed by atoms with Gasteiger partial charge in [0.05, 0.1) is 31.5 Å². The van der Waals surface area contributed by atoms with Gasteiger partial charge in [-0.3, -0.25) is 4.98 Å². The first-order chi connectivity index (χ1) is 10.2. The first-order valence-corrected chi connectivity index (χ1v) is 6.86. The number of nitrogens with zero attached hydrogens (tertiary/aromatic N) is 3. The number of ether oxygens (including phenoxy) is 2.